The van der Waals surface area contributed by atoms with E-state index in [-0.39, 0.29) is 19.3 Å². The number of carbonyl (C=O) groups is 3. The van der Waals surface area contributed by atoms with Gasteiger partial charge in [0.25, 0.3) is 5.79 Å². The number of hydrogen-bond acceptors (Lipinski definition) is 5. The van der Waals surface area contributed by atoms with Crippen LogP contribution >= 0.6 is 0 Å². The van der Waals surface area contributed by atoms with Crippen molar-refractivity contribution in [1.82, 2.24) is 0 Å². The molecule has 0 saturated carbocycles. The molecule has 90 valence electrons. The number of ether oxygens (including phenoxy) is 2. The van der Waals surface area contributed by atoms with Gasteiger partial charge in [-0.15, -0.1) is 0 Å². The highest BCUT2D eigenvalue weighted by Gasteiger charge is 2.42. The molecule has 0 atom stereocenters. The van der Waals surface area contributed by atoms with E-state index < -0.39 is 29.6 Å². The second kappa shape index (κ2) is 4.51. The van der Waals surface area contributed by atoms with Gasteiger partial charge in [-0.2, -0.15) is 0 Å². The summed E-state index contributed by atoms with van der Waals surface area (Å²) in [5.41, 5.74) is 0. The zero-order valence-electron chi connectivity index (χ0n) is 9.19. The maximum atomic E-state index is 11.4. The number of aliphatic carboxylic acids is 1. The van der Waals surface area contributed by atoms with Gasteiger partial charge in [-0.05, 0) is 12.8 Å². The Labute approximate surface area is 92.5 Å². The fourth-order valence-electron chi connectivity index (χ4n) is 1.44. The minimum atomic E-state index is -1.22. The smallest absolute Gasteiger partial charge is 0.323 e. The monoisotopic (exact) mass is 230 g/mol. The average molecular weight is 230 g/mol. The second-order valence-corrected chi connectivity index (χ2v) is 4.08. The number of rotatable bonds is 4. The minimum Gasteiger partial charge on any atom is -0.481 e. The van der Waals surface area contributed by atoms with E-state index in [1.54, 1.807) is 0 Å². The number of carboxylic acids is 1. The highest BCUT2D eigenvalue weighted by atomic mass is 16.7. The van der Waals surface area contributed by atoms with Gasteiger partial charge in [0.1, 0.15) is 0 Å². The summed E-state index contributed by atoms with van der Waals surface area (Å²) in [6, 6.07) is 0. The molecule has 0 amide bonds. The van der Waals surface area contributed by atoms with E-state index in [1.165, 1.54) is 13.8 Å². The number of carboxylic acid groups (broad SMARTS) is 1. The zero-order valence-corrected chi connectivity index (χ0v) is 9.19. The van der Waals surface area contributed by atoms with Gasteiger partial charge >= 0.3 is 17.9 Å². The highest BCUT2D eigenvalue weighted by molar-refractivity contribution is 5.96. The predicted molar refractivity (Wildman–Crippen MR) is 51.2 cm³/mol. The summed E-state index contributed by atoms with van der Waals surface area (Å²) in [4.78, 5) is 33.1. The van der Waals surface area contributed by atoms with Gasteiger partial charge in [0, 0.05) is 20.3 Å². The molecular formula is C10H14O6. The molecule has 0 aliphatic carbocycles. The largest absolute Gasteiger partial charge is 0.481 e. The summed E-state index contributed by atoms with van der Waals surface area (Å²) in [5.74, 6) is -4.47. The van der Waals surface area contributed by atoms with E-state index >= 15 is 0 Å². The Morgan fingerprint density at radius 1 is 1.31 bits per heavy atom. The molecular weight excluding hydrogens is 216 g/mol. The van der Waals surface area contributed by atoms with E-state index in [4.69, 9.17) is 14.6 Å². The molecule has 1 aliphatic heterocycles. The molecule has 1 fully saturated rings. The Balaban J connectivity index is 2.51. The Morgan fingerprint density at radius 2 is 1.81 bits per heavy atom. The Bertz CT molecular complexity index is 299. The molecule has 0 spiro atoms. The highest BCUT2D eigenvalue weighted by Crippen LogP contribution is 2.25. The maximum absolute atomic E-state index is 11.4. The molecule has 6 heteroatoms. The van der Waals surface area contributed by atoms with Crippen LogP contribution in [0.2, 0.25) is 0 Å². The molecule has 1 N–H and O–H groups in total. The van der Waals surface area contributed by atoms with Crippen molar-refractivity contribution in [3.8, 4) is 0 Å². The summed E-state index contributed by atoms with van der Waals surface area (Å²) in [6.45, 7) is 2.94. The second-order valence-electron chi connectivity index (χ2n) is 4.08. The van der Waals surface area contributed by atoms with Gasteiger partial charge in [0.15, 0.2) is 5.92 Å². The van der Waals surface area contributed by atoms with Crippen LogP contribution in [0.3, 0.4) is 0 Å². The van der Waals surface area contributed by atoms with Gasteiger partial charge in [0.05, 0.1) is 0 Å². The zero-order chi connectivity index (χ0) is 12.3. The normalized spacial score (nSPS) is 20.1. The Kier molecular flexibility index (Phi) is 3.51. The van der Waals surface area contributed by atoms with Crippen LogP contribution in [-0.4, -0.2) is 28.8 Å². The van der Waals surface area contributed by atoms with Crippen molar-refractivity contribution >= 4 is 17.9 Å². The first-order valence-electron chi connectivity index (χ1n) is 4.99. The molecule has 0 radical (unpaired) electrons. The lowest BCUT2D eigenvalue weighted by atomic mass is 10.0. The number of esters is 2. The van der Waals surface area contributed by atoms with E-state index in [0.717, 1.165) is 0 Å². The van der Waals surface area contributed by atoms with Crippen molar-refractivity contribution < 1.29 is 29.0 Å². The van der Waals surface area contributed by atoms with Gasteiger partial charge in [-0.25, -0.2) is 0 Å². The predicted octanol–water partition coefficient (Wildman–Crippen LogP) is 0.694. The van der Waals surface area contributed by atoms with Crippen molar-refractivity contribution in [2.45, 2.75) is 38.9 Å². The third-order valence-electron chi connectivity index (χ3n) is 2.15. The number of carbonyl (C=O) groups excluding carboxylic acids is 2. The summed E-state index contributed by atoms with van der Waals surface area (Å²) in [7, 11) is 0. The fourth-order valence-corrected chi connectivity index (χ4v) is 1.44. The van der Waals surface area contributed by atoms with E-state index in [1.807, 2.05) is 0 Å². The Hall–Kier alpha value is -1.59. The molecule has 0 bridgehead atoms. The molecule has 0 aromatic carbocycles. The third-order valence-corrected chi connectivity index (χ3v) is 2.15. The average Bonchev–Trinajstić information content (AvgIpc) is 2.07. The quantitative estimate of drug-likeness (QED) is 0.564. The molecule has 1 aliphatic rings. The first kappa shape index (κ1) is 12.5. The molecule has 0 unspecified atom stereocenters. The van der Waals surface area contributed by atoms with Crippen molar-refractivity contribution in [3.05, 3.63) is 0 Å². The van der Waals surface area contributed by atoms with Crippen molar-refractivity contribution in [2.24, 2.45) is 5.92 Å². The van der Waals surface area contributed by atoms with Gasteiger partial charge in [-0.1, -0.05) is 0 Å². The van der Waals surface area contributed by atoms with Crippen LogP contribution in [0.25, 0.3) is 0 Å². The molecule has 0 aromatic rings. The molecule has 6 nitrogen and oxygen atoms in total. The standard InChI is InChI=1S/C10H14O6/c1-10(2)15-8(13)6(9(14)16-10)4-3-5-7(11)12/h6H,3-5H2,1-2H3,(H,11,12). The molecule has 1 rings (SSSR count). The summed E-state index contributed by atoms with van der Waals surface area (Å²) in [6.07, 6.45) is 0.297. The molecule has 1 saturated heterocycles. The van der Waals surface area contributed by atoms with E-state index in [2.05, 4.69) is 0 Å². The van der Waals surface area contributed by atoms with E-state index in [9.17, 15) is 14.4 Å². The van der Waals surface area contributed by atoms with Crippen molar-refractivity contribution in [3.63, 3.8) is 0 Å². The van der Waals surface area contributed by atoms with Crippen LogP contribution in [0.5, 0.6) is 0 Å². The SMILES string of the molecule is CC1(C)OC(=O)C(CCCC(=O)O)C(=O)O1. The van der Waals surface area contributed by atoms with Crippen LogP contribution < -0.4 is 0 Å². The number of hydrogen-bond donors (Lipinski definition) is 1. The van der Waals surface area contributed by atoms with Crippen LogP contribution in [0.4, 0.5) is 0 Å². The molecule has 1 heterocycles. The Morgan fingerprint density at radius 3 is 2.25 bits per heavy atom. The molecule has 16 heavy (non-hydrogen) atoms. The van der Waals surface area contributed by atoms with Crippen LogP contribution in [0.1, 0.15) is 33.1 Å². The summed E-state index contributed by atoms with van der Waals surface area (Å²) in [5, 5.41) is 8.43. The lowest BCUT2D eigenvalue weighted by Crippen LogP contribution is -2.46. The summed E-state index contributed by atoms with van der Waals surface area (Å²) >= 11 is 0. The first-order valence-corrected chi connectivity index (χ1v) is 4.99. The first-order chi connectivity index (χ1) is 7.32. The van der Waals surface area contributed by atoms with Gasteiger partial charge < -0.3 is 14.6 Å². The lowest BCUT2D eigenvalue weighted by molar-refractivity contribution is -0.240. The van der Waals surface area contributed by atoms with Gasteiger partial charge in [-0.3, -0.25) is 14.4 Å². The van der Waals surface area contributed by atoms with Gasteiger partial charge in [0.2, 0.25) is 0 Å². The number of cyclic esters (lactones) is 2. The molecule has 0 aromatic heterocycles. The minimum absolute atomic E-state index is 0.0829. The summed E-state index contributed by atoms with van der Waals surface area (Å²) < 4.78 is 9.77. The van der Waals surface area contributed by atoms with Crippen LogP contribution in [0.15, 0.2) is 0 Å². The van der Waals surface area contributed by atoms with Crippen molar-refractivity contribution in [1.29, 1.82) is 0 Å². The fraction of sp³-hybridized carbons (Fsp3) is 0.700. The topological polar surface area (TPSA) is 89.9 Å². The third kappa shape index (κ3) is 3.22. The van der Waals surface area contributed by atoms with Crippen molar-refractivity contribution in [2.75, 3.05) is 0 Å². The van der Waals surface area contributed by atoms with Crippen LogP contribution in [-0.2, 0) is 23.9 Å². The van der Waals surface area contributed by atoms with E-state index in [0.29, 0.717) is 0 Å². The van der Waals surface area contributed by atoms with Crippen LogP contribution in [0, 0.1) is 5.92 Å². The maximum Gasteiger partial charge on any atom is 0.323 e. The lowest BCUT2D eigenvalue weighted by Gasteiger charge is -2.32.